The van der Waals surface area contributed by atoms with Crippen molar-refractivity contribution in [3.63, 3.8) is 0 Å². The summed E-state index contributed by atoms with van der Waals surface area (Å²) in [4.78, 5) is 3.81. The summed E-state index contributed by atoms with van der Waals surface area (Å²) >= 11 is 0. The molecule has 1 aromatic heterocycles. The normalized spacial score (nSPS) is 15.0. The third-order valence-corrected chi connectivity index (χ3v) is 1.52. The highest BCUT2D eigenvalue weighted by atomic mass is 16.3. The average molecular weight is 147 g/mol. The molecular weight excluding hydrogens is 138 g/mol. The van der Waals surface area contributed by atoms with Crippen LogP contribution < -0.4 is 0 Å². The number of rotatable bonds is 1. The van der Waals surface area contributed by atoms with Crippen LogP contribution in [0.5, 0.6) is 0 Å². The van der Waals surface area contributed by atoms with E-state index in [0.717, 1.165) is 0 Å². The number of pyridine rings is 1. The van der Waals surface area contributed by atoms with Gasteiger partial charge in [-0.3, -0.25) is 4.98 Å². The summed E-state index contributed by atoms with van der Waals surface area (Å²) < 4.78 is 0. The lowest BCUT2D eigenvalue weighted by Gasteiger charge is -2.15. The zero-order valence-corrected chi connectivity index (χ0v) is 6.28. The molecule has 0 aromatic carbocycles. The Morgan fingerprint density at radius 3 is 2.55 bits per heavy atom. The minimum atomic E-state index is -1.18. The Labute approximate surface area is 65.9 Å². The molecule has 56 valence electrons. The van der Waals surface area contributed by atoms with E-state index in [1.807, 2.05) is 0 Å². The van der Waals surface area contributed by atoms with Gasteiger partial charge in [-0.25, -0.2) is 0 Å². The third kappa shape index (κ3) is 1.57. The molecule has 0 amide bonds. The molecule has 2 heteroatoms. The molecule has 1 rings (SSSR count). The highest BCUT2D eigenvalue weighted by molar-refractivity contribution is 5.26. The second-order valence-electron chi connectivity index (χ2n) is 2.45. The fourth-order valence-electron chi connectivity index (χ4n) is 0.760. The molecule has 0 spiro atoms. The van der Waals surface area contributed by atoms with Crippen LogP contribution in [0.1, 0.15) is 12.5 Å². The fourth-order valence-corrected chi connectivity index (χ4v) is 0.760. The molecule has 0 fully saturated rings. The van der Waals surface area contributed by atoms with E-state index in [0.29, 0.717) is 5.56 Å². The first-order valence-corrected chi connectivity index (χ1v) is 3.27. The molecule has 1 heterocycles. The van der Waals surface area contributed by atoms with Gasteiger partial charge in [0.15, 0.2) is 0 Å². The first-order valence-electron chi connectivity index (χ1n) is 3.27. The van der Waals surface area contributed by atoms with E-state index in [4.69, 9.17) is 6.42 Å². The number of nitrogens with zero attached hydrogens (tertiary/aromatic N) is 1. The largest absolute Gasteiger partial charge is 0.374 e. The third-order valence-electron chi connectivity index (χ3n) is 1.52. The van der Waals surface area contributed by atoms with Crippen LogP contribution in [0.2, 0.25) is 0 Å². The second-order valence-corrected chi connectivity index (χ2v) is 2.45. The topological polar surface area (TPSA) is 33.1 Å². The van der Waals surface area contributed by atoms with Crippen LogP contribution in [0.15, 0.2) is 24.5 Å². The van der Waals surface area contributed by atoms with Gasteiger partial charge >= 0.3 is 0 Å². The van der Waals surface area contributed by atoms with Crippen LogP contribution >= 0.6 is 0 Å². The molecule has 0 aliphatic rings. The lowest BCUT2D eigenvalue weighted by atomic mass is 9.99. The molecule has 1 aromatic rings. The van der Waals surface area contributed by atoms with Gasteiger partial charge in [0.2, 0.25) is 0 Å². The van der Waals surface area contributed by atoms with E-state index >= 15 is 0 Å². The van der Waals surface area contributed by atoms with Gasteiger partial charge in [0.05, 0.1) is 0 Å². The number of terminal acetylenes is 1. The van der Waals surface area contributed by atoms with E-state index in [1.54, 1.807) is 31.5 Å². The molecule has 0 saturated heterocycles. The van der Waals surface area contributed by atoms with Crippen LogP contribution in [0.3, 0.4) is 0 Å². The summed E-state index contributed by atoms with van der Waals surface area (Å²) in [7, 11) is 0. The Kier molecular flexibility index (Phi) is 1.93. The number of hydrogen-bond acceptors (Lipinski definition) is 2. The van der Waals surface area contributed by atoms with Crippen molar-refractivity contribution in [1.29, 1.82) is 0 Å². The maximum atomic E-state index is 9.53. The van der Waals surface area contributed by atoms with E-state index in [9.17, 15) is 5.11 Å². The molecule has 1 atom stereocenters. The quantitative estimate of drug-likeness (QED) is 0.599. The SMILES string of the molecule is C#C[C@](C)(O)c1ccncc1. The molecule has 0 aliphatic carbocycles. The van der Waals surface area contributed by atoms with E-state index in [-0.39, 0.29) is 0 Å². The summed E-state index contributed by atoms with van der Waals surface area (Å²) in [6.45, 7) is 1.57. The molecule has 1 N–H and O–H groups in total. The Bertz CT molecular complexity index is 271. The van der Waals surface area contributed by atoms with Crippen molar-refractivity contribution in [2.24, 2.45) is 0 Å². The Morgan fingerprint density at radius 1 is 1.55 bits per heavy atom. The van der Waals surface area contributed by atoms with Crippen molar-refractivity contribution in [3.05, 3.63) is 30.1 Å². The van der Waals surface area contributed by atoms with Crippen LogP contribution in [0.25, 0.3) is 0 Å². The van der Waals surface area contributed by atoms with E-state index < -0.39 is 5.60 Å². The van der Waals surface area contributed by atoms with Crippen molar-refractivity contribution < 1.29 is 5.11 Å². The average Bonchev–Trinajstić information content (AvgIpc) is 2.06. The molecule has 0 radical (unpaired) electrons. The number of aliphatic hydroxyl groups is 1. The minimum absolute atomic E-state index is 0.690. The maximum absolute atomic E-state index is 9.53. The predicted octanol–water partition coefficient (Wildman–Crippen LogP) is 0.922. The van der Waals surface area contributed by atoms with Crippen LogP contribution in [0.4, 0.5) is 0 Å². The van der Waals surface area contributed by atoms with Gasteiger partial charge in [0, 0.05) is 12.4 Å². The van der Waals surface area contributed by atoms with Gasteiger partial charge in [-0.05, 0) is 24.6 Å². The summed E-state index contributed by atoms with van der Waals surface area (Å²) in [5.41, 5.74) is -0.488. The lowest BCUT2D eigenvalue weighted by molar-refractivity contribution is 0.122. The predicted molar refractivity (Wildman–Crippen MR) is 42.6 cm³/mol. The number of aromatic nitrogens is 1. The Morgan fingerprint density at radius 2 is 2.09 bits per heavy atom. The summed E-state index contributed by atoms with van der Waals surface area (Å²) in [5.74, 6) is 2.29. The van der Waals surface area contributed by atoms with Crippen LogP contribution in [-0.4, -0.2) is 10.1 Å². The zero-order valence-electron chi connectivity index (χ0n) is 6.28. The van der Waals surface area contributed by atoms with Crippen molar-refractivity contribution in [1.82, 2.24) is 4.98 Å². The fraction of sp³-hybridized carbons (Fsp3) is 0.222. The molecule has 0 saturated carbocycles. The van der Waals surface area contributed by atoms with Gasteiger partial charge in [-0.2, -0.15) is 0 Å². The van der Waals surface area contributed by atoms with E-state index in [1.165, 1.54) is 0 Å². The molecular formula is C9H9NO. The van der Waals surface area contributed by atoms with Gasteiger partial charge in [-0.1, -0.05) is 5.92 Å². The summed E-state index contributed by atoms with van der Waals surface area (Å²) in [5, 5.41) is 9.53. The lowest BCUT2D eigenvalue weighted by Crippen LogP contribution is -2.17. The zero-order chi connectivity index (χ0) is 8.32. The van der Waals surface area contributed by atoms with Crippen LogP contribution in [0, 0.1) is 12.3 Å². The van der Waals surface area contributed by atoms with Crippen molar-refractivity contribution >= 4 is 0 Å². The highest BCUT2D eigenvalue weighted by Crippen LogP contribution is 2.17. The molecule has 0 unspecified atom stereocenters. The van der Waals surface area contributed by atoms with Gasteiger partial charge in [-0.15, -0.1) is 6.42 Å². The van der Waals surface area contributed by atoms with Crippen molar-refractivity contribution in [2.45, 2.75) is 12.5 Å². The van der Waals surface area contributed by atoms with E-state index in [2.05, 4.69) is 10.9 Å². The first-order chi connectivity index (χ1) is 5.17. The summed E-state index contributed by atoms with van der Waals surface area (Å²) in [6.07, 6.45) is 8.31. The van der Waals surface area contributed by atoms with Gasteiger partial charge < -0.3 is 5.11 Å². The highest BCUT2D eigenvalue weighted by Gasteiger charge is 2.18. The van der Waals surface area contributed by atoms with Crippen molar-refractivity contribution in [3.8, 4) is 12.3 Å². The van der Waals surface area contributed by atoms with Crippen molar-refractivity contribution in [2.75, 3.05) is 0 Å². The molecule has 11 heavy (non-hydrogen) atoms. The molecule has 0 aliphatic heterocycles. The maximum Gasteiger partial charge on any atom is 0.148 e. The van der Waals surface area contributed by atoms with Crippen LogP contribution in [-0.2, 0) is 5.60 Å². The van der Waals surface area contributed by atoms with Gasteiger partial charge in [0.1, 0.15) is 5.60 Å². The summed E-state index contributed by atoms with van der Waals surface area (Å²) in [6, 6.07) is 3.39. The Hall–Kier alpha value is -1.33. The molecule has 2 nitrogen and oxygen atoms in total. The number of hydrogen-bond donors (Lipinski definition) is 1. The smallest absolute Gasteiger partial charge is 0.148 e. The first kappa shape index (κ1) is 7.77. The standard InChI is InChI=1S/C9H9NO/c1-3-9(2,11)8-4-6-10-7-5-8/h1,4-7,11H,2H3/t9-/m0/s1. The monoisotopic (exact) mass is 147 g/mol. The van der Waals surface area contributed by atoms with Gasteiger partial charge in [0.25, 0.3) is 0 Å². The second kappa shape index (κ2) is 2.73. The molecule has 0 bridgehead atoms. The minimum Gasteiger partial charge on any atom is -0.374 e. The Balaban J connectivity index is 3.05.